The lowest BCUT2D eigenvalue weighted by atomic mass is 10.2. The van der Waals surface area contributed by atoms with E-state index in [1.54, 1.807) is 24.3 Å². The van der Waals surface area contributed by atoms with E-state index in [0.29, 0.717) is 22.5 Å². The van der Waals surface area contributed by atoms with Gasteiger partial charge in [-0.1, -0.05) is 32.7 Å². The fraction of sp³-hybridized carbons (Fsp3) is 0.0667. The Balaban J connectivity index is 1.67. The highest BCUT2D eigenvalue weighted by Crippen LogP contribution is 2.20. The number of nitrogens with zero attached hydrogens (tertiary/aromatic N) is 2. The summed E-state index contributed by atoms with van der Waals surface area (Å²) in [5.74, 6) is 1.66. The molecule has 3 aromatic rings. The summed E-state index contributed by atoms with van der Waals surface area (Å²) in [7, 11) is 0. The first-order chi connectivity index (χ1) is 10.2. The Morgan fingerprint density at radius 3 is 2.48 bits per heavy atom. The van der Waals surface area contributed by atoms with Gasteiger partial charge in [-0.05, 0) is 48.5 Å². The maximum atomic E-state index is 5.81. The van der Waals surface area contributed by atoms with Gasteiger partial charge in [-0.3, -0.25) is 0 Å². The molecule has 0 spiro atoms. The van der Waals surface area contributed by atoms with Crippen molar-refractivity contribution < 1.29 is 9.26 Å². The van der Waals surface area contributed by atoms with Gasteiger partial charge in [-0.2, -0.15) is 4.98 Å². The number of benzene rings is 2. The third kappa shape index (κ3) is 3.62. The van der Waals surface area contributed by atoms with Gasteiger partial charge in [-0.15, -0.1) is 0 Å². The van der Waals surface area contributed by atoms with Gasteiger partial charge in [0.1, 0.15) is 5.75 Å². The molecule has 0 saturated heterocycles. The summed E-state index contributed by atoms with van der Waals surface area (Å²) in [4.78, 5) is 4.30. The molecule has 3 rings (SSSR count). The summed E-state index contributed by atoms with van der Waals surface area (Å²) in [6, 6.07) is 14.8. The van der Waals surface area contributed by atoms with Crippen molar-refractivity contribution in [1.82, 2.24) is 10.1 Å². The maximum absolute atomic E-state index is 5.81. The minimum Gasteiger partial charge on any atom is -0.484 e. The van der Waals surface area contributed by atoms with E-state index in [9.17, 15) is 0 Å². The standard InChI is InChI=1S/C15H10BrClN2O2/c16-11-3-1-10(2-4-11)15-18-14(21-19-15)9-20-13-7-5-12(17)6-8-13/h1-8H,9H2. The van der Waals surface area contributed by atoms with E-state index in [1.165, 1.54) is 0 Å². The fourth-order valence-corrected chi connectivity index (χ4v) is 2.10. The molecule has 6 heteroatoms. The Morgan fingerprint density at radius 2 is 1.76 bits per heavy atom. The van der Waals surface area contributed by atoms with Crippen LogP contribution in [0, 0.1) is 0 Å². The Kier molecular flexibility index (Phi) is 4.22. The van der Waals surface area contributed by atoms with Crippen LogP contribution in [0.3, 0.4) is 0 Å². The van der Waals surface area contributed by atoms with Crippen LogP contribution in [-0.2, 0) is 6.61 Å². The van der Waals surface area contributed by atoms with E-state index in [-0.39, 0.29) is 6.61 Å². The monoisotopic (exact) mass is 364 g/mol. The first-order valence-corrected chi connectivity index (χ1v) is 7.35. The average molecular weight is 366 g/mol. The quantitative estimate of drug-likeness (QED) is 0.670. The first kappa shape index (κ1) is 14.1. The highest BCUT2D eigenvalue weighted by molar-refractivity contribution is 9.10. The van der Waals surface area contributed by atoms with Gasteiger partial charge >= 0.3 is 0 Å². The summed E-state index contributed by atoms with van der Waals surface area (Å²) in [6.45, 7) is 0.213. The summed E-state index contributed by atoms with van der Waals surface area (Å²) in [5, 5.41) is 4.60. The van der Waals surface area contributed by atoms with E-state index in [4.69, 9.17) is 20.9 Å². The lowest BCUT2D eigenvalue weighted by Gasteiger charge is -2.02. The second-order valence-corrected chi connectivity index (χ2v) is 5.61. The lowest BCUT2D eigenvalue weighted by molar-refractivity contribution is 0.243. The number of aromatic nitrogens is 2. The highest BCUT2D eigenvalue weighted by atomic mass is 79.9. The molecule has 0 saturated carbocycles. The predicted octanol–water partition coefficient (Wildman–Crippen LogP) is 4.73. The lowest BCUT2D eigenvalue weighted by Crippen LogP contribution is -1.95. The van der Waals surface area contributed by atoms with Gasteiger partial charge in [0.05, 0.1) is 0 Å². The SMILES string of the molecule is Clc1ccc(OCc2nc(-c3ccc(Br)cc3)no2)cc1. The van der Waals surface area contributed by atoms with Crippen LogP contribution in [0.25, 0.3) is 11.4 Å². The van der Waals surface area contributed by atoms with Crippen LogP contribution >= 0.6 is 27.5 Å². The molecule has 0 unspecified atom stereocenters. The molecule has 1 heterocycles. The molecular formula is C15H10BrClN2O2. The average Bonchev–Trinajstić information content (AvgIpc) is 2.96. The molecule has 0 radical (unpaired) electrons. The van der Waals surface area contributed by atoms with E-state index in [2.05, 4.69) is 26.1 Å². The Bertz CT molecular complexity index is 726. The fourth-order valence-electron chi connectivity index (χ4n) is 1.71. The highest BCUT2D eigenvalue weighted by Gasteiger charge is 2.09. The smallest absolute Gasteiger partial charge is 0.264 e. The summed E-state index contributed by atoms with van der Waals surface area (Å²) in [6.07, 6.45) is 0. The van der Waals surface area contributed by atoms with Gasteiger partial charge in [0.25, 0.3) is 5.89 Å². The summed E-state index contributed by atoms with van der Waals surface area (Å²) < 4.78 is 11.7. The van der Waals surface area contributed by atoms with Crippen molar-refractivity contribution in [3.63, 3.8) is 0 Å². The minimum absolute atomic E-state index is 0.213. The van der Waals surface area contributed by atoms with Crippen LogP contribution in [0.5, 0.6) is 5.75 Å². The van der Waals surface area contributed by atoms with Crippen molar-refractivity contribution in [2.24, 2.45) is 0 Å². The van der Waals surface area contributed by atoms with Crippen molar-refractivity contribution in [2.75, 3.05) is 0 Å². The molecule has 0 aliphatic heterocycles. The van der Waals surface area contributed by atoms with Crippen LogP contribution in [0.4, 0.5) is 0 Å². The summed E-state index contributed by atoms with van der Waals surface area (Å²) >= 11 is 9.20. The van der Waals surface area contributed by atoms with Crippen LogP contribution in [0.2, 0.25) is 5.02 Å². The van der Waals surface area contributed by atoms with Gasteiger partial charge in [0, 0.05) is 15.1 Å². The zero-order valence-electron chi connectivity index (χ0n) is 10.8. The molecule has 21 heavy (non-hydrogen) atoms. The van der Waals surface area contributed by atoms with Crippen LogP contribution in [0.1, 0.15) is 5.89 Å². The Morgan fingerprint density at radius 1 is 1.05 bits per heavy atom. The number of hydrogen-bond acceptors (Lipinski definition) is 4. The van der Waals surface area contributed by atoms with Gasteiger partial charge in [0.2, 0.25) is 5.82 Å². The van der Waals surface area contributed by atoms with Crippen molar-refractivity contribution in [2.45, 2.75) is 6.61 Å². The normalized spacial score (nSPS) is 10.6. The van der Waals surface area contributed by atoms with Crippen molar-refractivity contribution in [3.8, 4) is 17.1 Å². The molecule has 106 valence electrons. The van der Waals surface area contributed by atoms with Gasteiger partial charge in [-0.25, -0.2) is 0 Å². The molecule has 0 amide bonds. The molecule has 0 aliphatic carbocycles. The predicted molar refractivity (Wildman–Crippen MR) is 83.2 cm³/mol. The minimum atomic E-state index is 0.213. The van der Waals surface area contributed by atoms with Crippen molar-refractivity contribution in [1.29, 1.82) is 0 Å². The molecule has 0 N–H and O–H groups in total. The molecule has 4 nitrogen and oxygen atoms in total. The van der Waals surface area contributed by atoms with Gasteiger partial charge < -0.3 is 9.26 Å². The number of rotatable bonds is 4. The van der Waals surface area contributed by atoms with Crippen LogP contribution < -0.4 is 4.74 Å². The zero-order chi connectivity index (χ0) is 14.7. The first-order valence-electron chi connectivity index (χ1n) is 6.17. The number of hydrogen-bond donors (Lipinski definition) is 0. The third-order valence-corrected chi connectivity index (χ3v) is 3.53. The Hall–Kier alpha value is -1.85. The Labute approximate surface area is 134 Å². The number of halogens is 2. The van der Waals surface area contributed by atoms with Crippen molar-refractivity contribution >= 4 is 27.5 Å². The number of ether oxygens (including phenoxy) is 1. The van der Waals surface area contributed by atoms with Crippen LogP contribution in [-0.4, -0.2) is 10.1 Å². The molecule has 0 aliphatic rings. The van der Waals surface area contributed by atoms with E-state index in [1.807, 2.05) is 24.3 Å². The van der Waals surface area contributed by atoms with E-state index < -0.39 is 0 Å². The molecular weight excluding hydrogens is 356 g/mol. The van der Waals surface area contributed by atoms with E-state index >= 15 is 0 Å². The summed E-state index contributed by atoms with van der Waals surface area (Å²) in [5.41, 5.74) is 0.889. The molecule has 0 bridgehead atoms. The second kappa shape index (κ2) is 6.28. The van der Waals surface area contributed by atoms with Gasteiger partial charge in [0.15, 0.2) is 6.61 Å². The maximum Gasteiger partial charge on any atom is 0.264 e. The zero-order valence-corrected chi connectivity index (χ0v) is 13.1. The van der Waals surface area contributed by atoms with Crippen LogP contribution in [0.15, 0.2) is 57.5 Å². The molecule has 0 atom stereocenters. The third-order valence-electron chi connectivity index (χ3n) is 2.75. The molecule has 2 aromatic carbocycles. The molecule has 1 aromatic heterocycles. The van der Waals surface area contributed by atoms with Crippen molar-refractivity contribution in [3.05, 3.63) is 63.9 Å². The van der Waals surface area contributed by atoms with E-state index in [0.717, 1.165) is 10.0 Å². The largest absolute Gasteiger partial charge is 0.484 e. The second-order valence-electron chi connectivity index (χ2n) is 4.26. The topological polar surface area (TPSA) is 48.2 Å². The molecule has 0 fully saturated rings.